The molecule has 0 spiro atoms. The van der Waals surface area contributed by atoms with Crippen LogP contribution in [0.2, 0.25) is 0 Å². The van der Waals surface area contributed by atoms with Gasteiger partial charge in [0.15, 0.2) is 0 Å². The van der Waals surface area contributed by atoms with Gasteiger partial charge in [0.25, 0.3) is 0 Å². The zero-order valence-corrected chi connectivity index (χ0v) is 9.50. The van der Waals surface area contributed by atoms with Crippen molar-refractivity contribution in [2.45, 2.75) is 45.4 Å². The fraction of sp³-hybridized carbons (Fsp3) is 0.818. The molecule has 0 amide bonds. The zero-order valence-electron chi connectivity index (χ0n) is 8.74. The second-order valence-electron chi connectivity index (χ2n) is 3.46. The Morgan fingerprint density at radius 1 is 1.15 bits per heavy atom. The lowest BCUT2D eigenvalue weighted by atomic mass is 10.1. The van der Waals surface area contributed by atoms with Crippen molar-refractivity contribution in [2.75, 3.05) is 13.1 Å². The number of halogens is 1. The van der Waals surface area contributed by atoms with Crippen LogP contribution in [0.5, 0.6) is 0 Å². The highest BCUT2D eigenvalue weighted by Crippen LogP contribution is 2.04. The minimum atomic E-state index is 0.700. The maximum atomic E-state index is 5.60. The van der Waals surface area contributed by atoms with Gasteiger partial charge in [0.1, 0.15) is 0 Å². The van der Waals surface area contributed by atoms with E-state index < -0.39 is 0 Å². The average Bonchev–Trinajstić information content (AvgIpc) is 2.09. The summed E-state index contributed by atoms with van der Waals surface area (Å²) in [5.41, 5.74) is 0. The first-order chi connectivity index (χ1) is 6.27. The summed E-state index contributed by atoms with van der Waals surface area (Å²) in [6.07, 6.45) is 8.06. The molecular formula is C11H22ClN. The van der Waals surface area contributed by atoms with Crippen molar-refractivity contribution in [2.24, 2.45) is 0 Å². The smallest absolute Gasteiger partial charge is 0.0307 e. The van der Waals surface area contributed by atoms with Crippen LogP contribution in [0.3, 0.4) is 0 Å². The molecule has 0 heterocycles. The summed E-state index contributed by atoms with van der Waals surface area (Å²) in [7, 11) is 0. The average molecular weight is 204 g/mol. The van der Waals surface area contributed by atoms with Crippen molar-refractivity contribution in [3.05, 3.63) is 11.6 Å². The molecule has 13 heavy (non-hydrogen) atoms. The summed E-state index contributed by atoms with van der Waals surface area (Å²) < 4.78 is 0. The lowest BCUT2D eigenvalue weighted by Gasteiger charge is -2.02. The summed E-state index contributed by atoms with van der Waals surface area (Å²) >= 11 is 5.60. The van der Waals surface area contributed by atoms with E-state index in [9.17, 15) is 0 Å². The molecule has 1 N–H and O–H groups in total. The molecule has 0 aromatic carbocycles. The Hall–Kier alpha value is -0.0100. The van der Waals surface area contributed by atoms with E-state index in [4.69, 9.17) is 11.6 Å². The third kappa shape index (κ3) is 12.0. The molecule has 0 aliphatic heterocycles. The summed E-state index contributed by atoms with van der Waals surface area (Å²) in [6.45, 7) is 7.67. The lowest BCUT2D eigenvalue weighted by molar-refractivity contribution is 0.584. The maximum Gasteiger partial charge on any atom is 0.0307 e. The van der Waals surface area contributed by atoms with Gasteiger partial charge < -0.3 is 5.32 Å². The third-order valence-electron chi connectivity index (χ3n) is 2.02. The summed E-state index contributed by atoms with van der Waals surface area (Å²) in [5, 5.41) is 3.94. The van der Waals surface area contributed by atoms with Crippen molar-refractivity contribution >= 4 is 11.6 Å². The second kappa shape index (κ2) is 10.1. The molecule has 1 nitrogen and oxygen atoms in total. The molecule has 0 fully saturated rings. The largest absolute Gasteiger partial charge is 0.312 e. The third-order valence-corrected chi connectivity index (χ3v) is 2.16. The highest BCUT2D eigenvalue weighted by Gasteiger charge is 1.90. The van der Waals surface area contributed by atoms with Crippen LogP contribution >= 0.6 is 11.6 Å². The fourth-order valence-corrected chi connectivity index (χ4v) is 1.35. The van der Waals surface area contributed by atoms with Gasteiger partial charge in [0, 0.05) is 11.6 Å². The van der Waals surface area contributed by atoms with Crippen molar-refractivity contribution in [1.82, 2.24) is 5.32 Å². The van der Waals surface area contributed by atoms with Gasteiger partial charge in [-0.2, -0.15) is 0 Å². The van der Waals surface area contributed by atoms with Gasteiger partial charge in [-0.25, -0.2) is 0 Å². The quantitative estimate of drug-likeness (QED) is 0.564. The predicted molar refractivity (Wildman–Crippen MR) is 61.2 cm³/mol. The van der Waals surface area contributed by atoms with E-state index in [2.05, 4.69) is 18.8 Å². The monoisotopic (exact) mass is 203 g/mol. The Bertz CT molecular complexity index is 123. The number of nitrogens with one attached hydrogen (secondary N) is 1. The Morgan fingerprint density at radius 3 is 2.38 bits per heavy atom. The predicted octanol–water partition coefficient (Wildman–Crippen LogP) is 3.69. The van der Waals surface area contributed by atoms with Crippen molar-refractivity contribution in [1.29, 1.82) is 0 Å². The van der Waals surface area contributed by atoms with Gasteiger partial charge in [-0.3, -0.25) is 0 Å². The van der Waals surface area contributed by atoms with E-state index in [1.807, 2.05) is 0 Å². The van der Waals surface area contributed by atoms with Crippen LogP contribution in [-0.4, -0.2) is 13.1 Å². The summed E-state index contributed by atoms with van der Waals surface area (Å²) in [6, 6.07) is 0. The number of unbranched alkanes of at least 4 members (excludes halogenated alkanes) is 5. The van der Waals surface area contributed by atoms with Crippen LogP contribution in [0.1, 0.15) is 45.4 Å². The fourth-order valence-electron chi connectivity index (χ4n) is 1.25. The van der Waals surface area contributed by atoms with Crippen molar-refractivity contribution < 1.29 is 0 Å². The highest BCUT2D eigenvalue weighted by molar-refractivity contribution is 6.29. The van der Waals surface area contributed by atoms with E-state index in [1.165, 1.54) is 38.5 Å². The van der Waals surface area contributed by atoms with Gasteiger partial charge in [0.2, 0.25) is 0 Å². The molecule has 0 aromatic rings. The number of hydrogen-bond acceptors (Lipinski definition) is 1. The normalized spacial score (nSPS) is 10.3. The van der Waals surface area contributed by atoms with E-state index in [1.54, 1.807) is 0 Å². The van der Waals surface area contributed by atoms with Crippen LogP contribution < -0.4 is 5.32 Å². The minimum absolute atomic E-state index is 0.700. The first-order valence-corrected chi connectivity index (χ1v) is 5.69. The molecular weight excluding hydrogens is 182 g/mol. The van der Waals surface area contributed by atoms with E-state index in [-0.39, 0.29) is 0 Å². The Kier molecular flexibility index (Phi) is 10.1. The minimum Gasteiger partial charge on any atom is -0.312 e. The standard InChI is InChI=1S/C11H22ClN/c1-3-4-5-6-7-8-9-13-10-11(2)12/h13H,2-10H2,1H3. The van der Waals surface area contributed by atoms with Gasteiger partial charge >= 0.3 is 0 Å². The molecule has 0 saturated carbocycles. The Morgan fingerprint density at radius 2 is 1.77 bits per heavy atom. The molecule has 0 unspecified atom stereocenters. The molecule has 0 aliphatic carbocycles. The molecule has 2 heteroatoms. The molecule has 0 aliphatic rings. The van der Waals surface area contributed by atoms with Crippen LogP contribution in [-0.2, 0) is 0 Å². The van der Waals surface area contributed by atoms with E-state index in [0.29, 0.717) is 5.03 Å². The van der Waals surface area contributed by atoms with Crippen molar-refractivity contribution in [3.8, 4) is 0 Å². The SMILES string of the molecule is C=C(Cl)CNCCCCCCCC. The lowest BCUT2D eigenvalue weighted by Crippen LogP contribution is -2.16. The number of rotatable bonds is 9. The van der Waals surface area contributed by atoms with Crippen LogP contribution in [0.15, 0.2) is 11.6 Å². The zero-order chi connectivity index (χ0) is 9.94. The highest BCUT2D eigenvalue weighted by atomic mass is 35.5. The first kappa shape index (κ1) is 13.0. The van der Waals surface area contributed by atoms with Crippen LogP contribution in [0.4, 0.5) is 0 Å². The number of hydrogen-bond donors (Lipinski definition) is 1. The molecule has 0 atom stereocenters. The molecule has 0 saturated heterocycles. The molecule has 0 rings (SSSR count). The van der Waals surface area contributed by atoms with Gasteiger partial charge in [-0.15, -0.1) is 0 Å². The maximum absolute atomic E-state index is 5.60. The van der Waals surface area contributed by atoms with Gasteiger partial charge in [0.05, 0.1) is 0 Å². The topological polar surface area (TPSA) is 12.0 Å². The van der Waals surface area contributed by atoms with E-state index >= 15 is 0 Å². The Balaban J connectivity index is 2.87. The van der Waals surface area contributed by atoms with Gasteiger partial charge in [-0.1, -0.05) is 57.2 Å². The van der Waals surface area contributed by atoms with Crippen LogP contribution in [0, 0.1) is 0 Å². The first-order valence-electron chi connectivity index (χ1n) is 5.31. The summed E-state index contributed by atoms with van der Waals surface area (Å²) in [4.78, 5) is 0. The molecule has 0 aromatic heterocycles. The van der Waals surface area contributed by atoms with Gasteiger partial charge in [-0.05, 0) is 13.0 Å². The molecule has 0 bridgehead atoms. The van der Waals surface area contributed by atoms with Crippen molar-refractivity contribution in [3.63, 3.8) is 0 Å². The second-order valence-corrected chi connectivity index (χ2v) is 4.00. The van der Waals surface area contributed by atoms with E-state index in [0.717, 1.165) is 13.1 Å². The Labute approximate surface area is 87.6 Å². The van der Waals surface area contributed by atoms with Crippen LogP contribution in [0.25, 0.3) is 0 Å². The molecule has 78 valence electrons. The summed E-state index contributed by atoms with van der Waals surface area (Å²) in [5.74, 6) is 0. The molecule has 0 radical (unpaired) electrons.